The van der Waals surface area contributed by atoms with E-state index in [1.165, 1.54) is 21.0 Å². The van der Waals surface area contributed by atoms with Crippen LogP contribution in [0.15, 0.2) is 0 Å². The molecule has 16 heavy (non-hydrogen) atoms. The van der Waals surface area contributed by atoms with Crippen LogP contribution < -0.4 is 0 Å². The summed E-state index contributed by atoms with van der Waals surface area (Å²) in [5, 5.41) is 0. The van der Waals surface area contributed by atoms with Gasteiger partial charge in [-0.05, 0) is 0 Å². The molecule has 0 aromatic rings. The van der Waals surface area contributed by atoms with E-state index in [0.29, 0.717) is 13.0 Å². The van der Waals surface area contributed by atoms with Crippen molar-refractivity contribution < 1.29 is 28.5 Å². The minimum Gasteiger partial charge on any atom is -0.453 e. The molecule has 0 N–H and O–H groups in total. The molecule has 1 unspecified atom stereocenters. The summed E-state index contributed by atoms with van der Waals surface area (Å²) in [6.45, 7) is 2.95. The number of carbonyl (C=O) groups is 2. The zero-order chi connectivity index (χ0) is 12.1. The fourth-order valence-corrected chi connectivity index (χ4v) is 1.57. The summed E-state index contributed by atoms with van der Waals surface area (Å²) in [5.74, 6) is -0.950. The molecule has 6 heteroatoms. The van der Waals surface area contributed by atoms with Crippen LogP contribution >= 0.6 is 0 Å². The predicted octanol–water partition coefficient (Wildman–Crippen LogP) is 0.243. The molecule has 0 aliphatic carbocycles. The molecule has 3 atom stereocenters. The SMILES string of the molecule is CO[C@H]1CCOC(OC(C)=O)[C@@H]1OC(C)=O. The third kappa shape index (κ3) is 3.46. The van der Waals surface area contributed by atoms with Crippen LogP contribution in [0.4, 0.5) is 0 Å². The second-order valence-electron chi connectivity index (χ2n) is 3.49. The Labute approximate surface area is 93.8 Å². The zero-order valence-electron chi connectivity index (χ0n) is 9.60. The van der Waals surface area contributed by atoms with Crippen molar-refractivity contribution in [3.8, 4) is 0 Å². The van der Waals surface area contributed by atoms with Crippen LogP contribution in [0.25, 0.3) is 0 Å². The Hall–Kier alpha value is -1.14. The summed E-state index contributed by atoms with van der Waals surface area (Å²) >= 11 is 0. The fourth-order valence-electron chi connectivity index (χ4n) is 1.57. The molecular weight excluding hydrogens is 216 g/mol. The van der Waals surface area contributed by atoms with Crippen molar-refractivity contribution in [3.63, 3.8) is 0 Å². The maximum atomic E-state index is 10.9. The van der Waals surface area contributed by atoms with Gasteiger partial charge < -0.3 is 18.9 Å². The average molecular weight is 232 g/mol. The zero-order valence-corrected chi connectivity index (χ0v) is 9.60. The van der Waals surface area contributed by atoms with E-state index in [4.69, 9.17) is 18.9 Å². The summed E-state index contributed by atoms with van der Waals surface area (Å²) < 4.78 is 20.4. The van der Waals surface area contributed by atoms with Crippen molar-refractivity contribution in [1.29, 1.82) is 0 Å². The average Bonchev–Trinajstić information content (AvgIpc) is 2.19. The summed E-state index contributed by atoms with van der Waals surface area (Å²) in [4.78, 5) is 21.8. The minimum absolute atomic E-state index is 0.318. The molecule has 0 radical (unpaired) electrons. The smallest absolute Gasteiger partial charge is 0.305 e. The van der Waals surface area contributed by atoms with E-state index >= 15 is 0 Å². The van der Waals surface area contributed by atoms with Gasteiger partial charge in [-0.1, -0.05) is 0 Å². The molecule has 1 aliphatic rings. The third-order valence-corrected chi connectivity index (χ3v) is 2.21. The number of carbonyl (C=O) groups excluding carboxylic acids is 2. The molecule has 0 aromatic heterocycles. The first-order valence-electron chi connectivity index (χ1n) is 5.03. The van der Waals surface area contributed by atoms with Crippen molar-refractivity contribution in [1.82, 2.24) is 0 Å². The second kappa shape index (κ2) is 5.81. The van der Waals surface area contributed by atoms with Crippen molar-refractivity contribution in [2.75, 3.05) is 13.7 Å². The molecule has 0 aromatic carbocycles. The molecule has 92 valence electrons. The highest BCUT2D eigenvalue weighted by molar-refractivity contribution is 5.67. The van der Waals surface area contributed by atoms with Gasteiger partial charge in [0.1, 0.15) is 6.10 Å². The Bertz CT molecular complexity index is 264. The van der Waals surface area contributed by atoms with Gasteiger partial charge in [-0.2, -0.15) is 0 Å². The van der Waals surface area contributed by atoms with Gasteiger partial charge in [0, 0.05) is 27.4 Å². The lowest BCUT2D eigenvalue weighted by atomic mass is 10.1. The minimum atomic E-state index is -0.889. The van der Waals surface area contributed by atoms with Crippen molar-refractivity contribution in [2.24, 2.45) is 0 Å². The largest absolute Gasteiger partial charge is 0.453 e. The van der Waals surface area contributed by atoms with E-state index in [2.05, 4.69) is 0 Å². The normalized spacial score (nSPS) is 29.6. The van der Waals surface area contributed by atoms with Gasteiger partial charge in [0.15, 0.2) is 6.10 Å². The molecule has 6 nitrogen and oxygen atoms in total. The van der Waals surface area contributed by atoms with Crippen LogP contribution in [0.5, 0.6) is 0 Å². The highest BCUT2D eigenvalue weighted by Gasteiger charge is 2.39. The van der Waals surface area contributed by atoms with Gasteiger partial charge in [-0.15, -0.1) is 0 Å². The number of ether oxygens (including phenoxy) is 4. The Morgan fingerprint density at radius 3 is 2.31 bits per heavy atom. The first-order valence-corrected chi connectivity index (χ1v) is 5.03. The van der Waals surface area contributed by atoms with Gasteiger partial charge in [0.05, 0.1) is 6.61 Å². The van der Waals surface area contributed by atoms with E-state index < -0.39 is 24.3 Å². The maximum absolute atomic E-state index is 10.9. The molecule has 1 aliphatic heterocycles. The number of esters is 2. The van der Waals surface area contributed by atoms with Crippen LogP contribution in [0.2, 0.25) is 0 Å². The van der Waals surface area contributed by atoms with E-state index in [-0.39, 0.29) is 6.10 Å². The highest BCUT2D eigenvalue weighted by Crippen LogP contribution is 2.21. The molecular formula is C10H16O6. The quantitative estimate of drug-likeness (QED) is 0.649. The first kappa shape index (κ1) is 12.9. The Morgan fingerprint density at radius 1 is 1.19 bits per heavy atom. The summed E-state index contributed by atoms with van der Waals surface area (Å²) in [7, 11) is 1.51. The van der Waals surface area contributed by atoms with Crippen molar-refractivity contribution >= 4 is 11.9 Å². The highest BCUT2D eigenvalue weighted by atomic mass is 16.7. The van der Waals surface area contributed by atoms with Gasteiger partial charge in [0.2, 0.25) is 6.29 Å². The first-order chi connectivity index (χ1) is 7.54. The second-order valence-corrected chi connectivity index (χ2v) is 3.49. The molecule has 0 bridgehead atoms. The van der Waals surface area contributed by atoms with Crippen LogP contribution in [-0.4, -0.2) is 44.2 Å². The third-order valence-electron chi connectivity index (χ3n) is 2.21. The molecule has 0 saturated carbocycles. The summed E-state index contributed by atoms with van der Waals surface area (Å²) in [6, 6.07) is 0. The molecule has 0 amide bonds. The molecule has 1 rings (SSSR count). The number of hydrogen-bond acceptors (Lipinski definition) is 6. The lowest BCUT2D eigenvalue weighted by Crippen LogP contribution is -2.49. The summed E-state index contributed by atoms with van der Waals surface area (Å²) in [5.41, 5.74) is 0. The van der Waals surface area contributed by atoms with Gasteiger partial charge in [0.25, 0.3) is 0 Å². The van der Waals surface area contributed by atoms with Crippen molar-refractivity contribution in [3.05, 3.63) is 0 Å². The monoisotopic (exact) mass is 232 g/mol. The molecule has 0 spiro atoms. The lowest BCUT2D eigenvalue weighted by molar-refractivity contribution is -0.248. The van der Waals surface area contributed by atoms with Crippen LogP contribution in [0.3, 0.4) is 0 Å². The number of hydrogen-bond donors (Lipinski definition) is 0. The lowest BCUT2D eigenvalue weighted by Gasteiger charge is -2.35. The van der Waals surface area contributed by atoms with Gasteiger partial charge >= 0.3 is 11.9 Å². The Balaban J connectivity index is 2.69. The van der Waals surface area contributed by atoms with Gasteiger partial charge in [-0.25, -0.2) is 0 Å². The van der Waals surface area contributed by atoms with E-state index in [9.17, 15) is 9.59 Å². The standard InChI is InChI=1S/C10H16O6/c1-6(11)15-9-8(13-3)4-5-14-10(9)16-7(2)12/h8-10H,4-5H2,1-3H3/t8-,9+,10?/m0/s1. The Morgan fingerprint density at radius 2 is 1.81 bits per heavy atom. The van der Waals surface area contributed by atoms with Crippen molar-refractivity contribution in [2.45, 2.75) is 38.8 Å². The predicted molar refractivity (Wildman–Crippen MR) is 52.5 cm³/mol. The van der Waals surface area contributed by atoms with Crippen LogP contribution in [0, 0.1) is 0 Å². The Kier molecular flexibility index (Phi) is 4.70. The number of rotatable bonds is 3. The molecule has 1 heterocycles. The fraction of sp³-hybridized carbons (Fsp3) is 0.800. The summed E-state index contributed by atoms with van der Waals surface area (Å²) in [6.07, 6.45) is -1.33. The molecule has 1 saturated heterocycles. The van der Waals surface area contributed by atoms with Gasteiger partial charge in [-0.3, -0.25) is 9.59 Å². The van der Waals surface area contributed by atoms with E-state index in [1.807, 2.05) is 0 Å². The van der Waals surface area contributed by atoms with E-state index in [1.54, 1.807) is 0 Å². The van der Waals surface area contributed by atoms with E-state index in [0.717, 1.165) is 0 Å². The topological polar surface area (TPSA) is 71.1 Å². The molecule has 1 fully saturated rings. The van der Waals surface area contributed by atoms with Crippen LogP contribution in [-0.2, 0) is 28.5 Å². The van der Waals surface area contributed by atoms with Crippen LogP contribution in [0.1, 0.15) is 20.3 Å². The number of methoxy groups -OCH3 is 1. The maximum Gasteiger partial charge on any atom is 0.305 e.